The van der Waals surface area contributed by atoms with Crippen molar-refractivity contribution in [3.63, 3.8) is 0 Å². The Kier molecular flexibility index (Phi) is 3.07. The fourth-order valence-electron chi connectivity index (χ4n) is 1.13. The Bertz CT molecular complexity index is 321. The van der Waals surface area contributed by atoms with E-state index in [1.807, 2.05) is 0 Å². The summed E-state index contributed by atoms with van der Waals surface area (Å²) in [5.41, 5.74) is 0.0566. The second-order valence-electron chi connectivity index (χ2n) is 3.41. The molecule has 0 aromatic heterocycles. The number of benzene rings is 1. The minimum absolute atomic E-state index is 0.211. The molecule has 0 bridgehead atoms. The lowest BCUT2D eigenvalue weighted by Gasteiger charge is -2.23. The van der Waals surface area contributed by atoms with Gasteiger partial charge in [0.25, 0.3) is 0 Å². The summed E-state index contributed by atoms with van der Waals surface area (Å²) < 4.78 is 51.5. The SMILES string of the molecule is [CH2]Cc1ccc(C(F)(F)C(C)(F)F)cc1. The van der Waals surface area contributed by atoms with Gasteiger partial charge in [0.05, 0.1) is 0 Å². The first kappa shape index (κ1) is 12.0. The van der Waals surface area contributed by atoms with Gasteiger partial charge in [-0.25, -0.2) is 0 Å². The molecule has 0 aliphatic heterocycles. The highest BCUT2D eigenvalue weighted by Gasteiger charge is 2.53. The predicted octanol–water partition coefficient (Wildman–Crippen LogP) is 3.81. The minimum Gasteiger partial charge on any atom is -0.200 e. The van der Waals surface area contributed by atoms with Crippen LogP contribution >= 0.6 is 0 Å². The van der Waals surface area contributed by atoms with Crippen LogP contribution in [0, 0.1) is 6.92 Å². The molecule has 0 spiro atoms. The van der Waals surface area contributed by atoms with Crippen LogP contribution in [0.15, 0.2) is 24.3 Å². The van der Waals surface area contributed by atoms with Gasteiger partial charge in [0.15, 0.2) is 0 Å². The zero-order chi connectivity index (χ0) is 11.7. The third kappa shape index (κ3) is 2.30. The maximum absolute atomic E-state index is 13.1. The van der Waals surface area contributed by atoms with E-state index < -0.39 is 17.4 Å². The van der Waals surface area contributed by atoms with Crippen LogP contribution in [0.3, 0.4) is 0 Å². The molecule has 0 saturated carbocycles. The van der Waals surface area contributed by atoms with Crippen molar-refractivity contribution in [2.75, 3.05) is 0 Å². The first-order valence-electron chi connectivity index (χ1n) is 4.43. The summed E-state index contributed by atoms with van der Waals surface area (Å²) in [5.74, 6) is -8.19. The maximum atomic E-state index is 13.1. The van der Waals surface area contributed by atoms with E-state index in [-0.39, 0.29) is 6.92 Å². The highest BCUT2D eigenvalue weighted by molar-refractivity contribution is 5.27. The zero-order valence-electron chi connectivity index (χ0n) is 8.24. The Morgan fingerprint density at radius 3 is 1.87 bits per heavy atom. The number of halogens is 4. The van der Waals surface area contributed by atoms with Gasteiger partial charge in [0.2, 0.25) is 0 Å². The summed E-state index contributed by atoms with van der Waals surface area (Å²) in [5, 5.41) is 0. The molecule has 0 amide bonds. The Labute approximate surface area is 85.9 Å². The van der Waals surface area contributed by atoms with Crippen molar-refractivity contribution in [3.8, 4) is 0 Å². The van der Waals surface area contributed by atoms with E-state index in [9.17, 15) is 17.6 Å². The molecule has 83 valence electrons. The predicted molar refractivity (Wildman–Crippen MR) is 50.0 cm³/mol. The molecule has 1 radical (unpaired) electrons. The van der Waals surface area contributed by atoms with Crippen molar-refractivity contribution in [2.24, 2.45) is 0 Å². The normalized spacial score (nSPS) is 12.9. The van der Waals surface area contributed by atoms with Crippen LogP contribution in [-0.2, 0) is 12.3 Å². The quantitative estimate of drug-likeness (QED) is 0.678. The number of hydrogen-bond donors (Lipinski definition) is 0. The molecule has 1 aromatic carbocycles. The lowest BCUT2D eigenvalue weighted by atomic mass is 10.0. The first-order chi connectivity index (χ1) is 6.79. The molecule has 15 heavy (non-hydrogen) atoms. The van der Waals surface area contributed by atoms with Gasteiger partial charge in [-0.05, 0) is 18.9 Å². The van der Waals surface area contributed by atoms with Crippen molar-refractivity contribution in [2.45, 2.75) is 25.2 Å². The molecule has 1 aromatic rings. The van der Waals surface area contributed by atoms with Gasteiger partial charge >= 0.3 is 11.8 Å². The first-order valence-corrected chi connectivity index (χ1v) is 4.43. The minimum atomic E-state index is -4.13. The highest BCUT2D eigenvalue weighted by atomic mass is 19.3. The Balaban J connectivity index is 3.06. The Hall–Kier alpha value is -1.06. The molecule has 0 heterocycles. The summed E-state index contributed by atoms with van der Waals surface area (Å²) in [6.45, 7) is 3.77. The number of alkyl halides is 4. The molecule has 0 aliphatic rings. The summed E-state index contributed by atoms with van der Waals surface area (Å²) >= 11 is 0. The number of hydrogen-bond acceptors (Lipinski definition) is 0. The van der Waals surface area contributed by atoms with Crippen molar-refractivity contribution >= 4 is 0 Å². The third-order valence-corrected chi connectivity index (χ3v) is 2.16. The molecule has 0 nitrogen and oxygen atoms in total. The van der Waals surface area contributed by atoms with E-state index in [2.05, 4.69) is 6.92 Å². The third-order valence-electron chi connectivity index (χ3n) is 2.16. The standard InChI is InChI=1S/C11H11F4/c1-3-8-4-6-9(7-5-8)11(14,15)10(2,12)13/h4-7H,1,3H2,2H3. The topological polar surface area (TPSA) is 0 Å². The molecular formula is C11H11F4. The van der Waals surface area contributed by atoms with Gasteiger partial charge in [-0.2, -0.15) is 17.6 Å². The van der Waals surface area contributed by atoms with E-state index in [0.717, 1.165) is 17.7 Å². The van der Waals surface area contributed by atoms with E-state index in [0.29, 0.717) is 6.42 Å². The fraction of sp³-hybridized carbons (Fsp3) is 0.364. The van der Waals surface area contributed by atoms with Crippen molar-refractivity contribution in [1.29, 1.82) is 0 Å². The summed E-state index contributed by atoms with van der Waals surface area (Å²) in [6, 6.07) is 4.78. The van der Waals surface area contributed by atoms with Crippen LogP contribution in [0.5, 0.6) is 0 Å². The van der Waals surface area contributed by atoms with Gasteiger partial charge in [-0.1, -0.05) is 24.3 Å². The fourth-order valence-corrected chi connectivity index (χ4v) is 1.13. The lowest BCUT2D eigenvalue weighted by molar-refractivity contribution is -0.204. The van der Waals surface area contributed by atoms with Crippen molar-refractivity contribution < 1.29 is 17.6 Å². The second-order valence-corrected chi connectivity index (χ2v) is 3.41. The van der Waals surface area contributed by atoms with Gasteiger partial charge in [-0.15, -0.1) is 0 Å². The average Bonchev–Trinajstić information content (AvgIpc) is 2.16. The second kappa shape index (κ2) is 3.83. The van der Waals surface area contributed by atoms with Crippen LogP contribution < -0.4 is 0 Å². The lowest BCUT2D eigenvalue weighted by Crippen LogP contribution is -2.34. The van der Waals surface area contributed by atoms with Crippen LogP contribution in [0.4, 0.5) is 17.6 Å². The van der Waals surface area contributed by atoms with Gasteiger partial charge in [0, 0.05) is 12.5 Å². The molecule has 0 unspecified atom stereocenters. The largest absolute Gasteiger partial charge is 0.335 e. The summed E-state index contributed by atoms with van der Waals surface area (Å²) in [4.78, 5) is 0. The molecule has 0 atom stereocenters. The van der Waals surface area contributed by atoms with E-state index >= 15 is 0 Å². The molecular weight excluding hydrogens is 208 g/mol. The maximum Gasteiger partial charge on any atom is 0.335 e. The smallest absolute Gasteiger partial charge is 0.200 e. The highest BCUT2D eigenvalue weighted by Crippen LogP contribution is 2.42. The van der Waals surface area contributed by atoms with Crippen LogP contribution in [0.25, 0.3) is 0 Å². The molecule has 0 fully saturated rings. The van der Waals surface area contributed by atoms with Crippen LogP contribution in [0.2, 0.25) is 0 Å². The summed E-state index contributed by atoms with van der Waals surface area (Å²) in [6.07, 6.45) is 0.439. The van der Waals surface area contributed by atoms with Crippen LogP contribution in [0.1, 0.15) is 18.1 Å². The van der Waals surface area contributed by atoms with Gasteiger partial charge < -0.3 is 0 Å². The molecule has 0 saturated heterocycles. The van der Waals surface area contributed by atoms with Crippen molar-refractivity contribution in [3.05, 3.63) is 42.3 Å². The average molecular weight is 219 g/mol. The molecule has 0 aliphatic carbocycles. The van der Waals surface area contributed by atoms with Crippen molar-refractivity contribution in [1.82, 2.24) is 0 Å². The van der Waals surface area contributed by atoms with Crippen LogP contribution in [-0.4, -0.2) is 5.92 Å². The molecule has 0 N–H and O–H groups in total. The van der Waals surface area contributed by atoms with E-state index in [4.69, 9.17) is 0 Å². The summed E-state index contributed by atoms with van der Waals surface area (Å²) in [7, 11) is 0. The molecule has 4 heteroatoms. The molecule has 1 rings (SSSR count). The number of rotatable bonds is 3. The zero-order valence-corrected chi connectivity index (χ0v) is 8.24. The Morgan fingerprint density at radius 2 is 1.53 bits per heavy atom. The Morgan fingerprint density at radius 1 is 1.07 bits per heavy atom. The van der Waals surface area contributed by atoms with E-state index in [1.54, 1.807) is 0 Å². The monoisotopic (exact) mass is 219 g/mol. The van der Waals surface area contributed by atoms with Gasteiger partial charge in [-0.3, -0.25) is 0 Å². The van der Waals surface area contributed by atoms with E-state index in [1.165, 1.54) is 12.1 Å². The van der Waals surface area contributed by atoms with Gasteiger partial charge in [0.1, 0.15) is 0 Å².